The van der Waals surface area contributed by atoms with Gasteiger partial charge in [-0.25, -0.2) is 0 Å². The van der Waals surface area contributed by atoms with Gasteiger partial charge in [-0.05, 0) is 44.5 Å². The molecule has 3 aliphatic rings. The summed E-state index contributed by atoms with van der Waals surface area (Å²) in [6, 6.07) is 0.540. The first-order valence-corrected chi connectivity index (χ1v) is 12.1. The maximum absolute atomic E-state index is 13.9. The first-order valence-electron chi connectivity index (χ1n) is 12.1. The highest BCUT2D eigenvalue weighted by molar-refractivity contribution is 6.24. The molecule has 1 saturated carbocycles. The Morgan fingerprint density at radius 2 is 1.79 bits per heavy atom. The topological polar surface area (TPSA) is 194 Å². The number of primary amides is 1. The molecule has 4 rings (SSSR count). The summed E-state index contributed by atoms with van der Waals surface area (Å²) in [5.41, 5.74) is 3.02. The Kier molecular flexibility index (Phi) is 6.53. The lowest BCUT2D eigenvalue weighted by Crippen LogP contribution is -2.65. The zero-order valence-electron chi connectivity index (χ0n) is 21.8. The van der Waals surface area contributed by atoms with Gasteiger partial charge in [0, 0.05) is 50.3 Å². The molecule has 0 saturated heterocycles. The molecule has 4 atom stereocenters. The number of Topliss-reactive ketones (excluding diaryl/α,β-unsaturated/α-hetero) is 2. The molecular formula is C26H32N4O8. The van der Waals surface area contributed by atoms with Gasteiger partial charge in [0.15, 0.2) is 11.4 Å². The van der Waals surface area contributed by atoms with Crippen molar-refractivity contribution in [1.82, 2.24) is 10.2 Å². The lowest BCUT2D eigenvalue weighted by atomic mass is 9.57. The van der Waals surface area contributed by atoms with Crippen LogP contribution in [0.5, 0.6) is 5.75 Å². The minimum absolute atomic E-state index is 0.00698. The lowest BCUT2D eigenvalue weighted by Gasteiger charge is -2.50. The third-order valence-corrected chi connectivity index (χ3v) is 7.79. The number of fused-ring (bicyclic) bond motifs is 3. The van der Waals surface area contributed by atoms with E-state index in [1.807, 2.05) is 0 Å². The number of phenolic OH excluding ortho intramolecular Hbond substituents is 1. The number of nitrogens with zero attached hydrogens (tertiary/aromatic N) is 2. The van der Waals surface area contributed by atoms with Gasteiger partial charge >= 0.3 is 0 Å². The van der Waals surface area contributed by atoms with Crippen LogP contribution in [-0.4, -0.2) is 88.5 Å². The van der Waals surface area contributed by atoms with E-state index in [9.17, 15) is 39.6 Å². The SMILES string of the molecule is CC(=O)NCc1cc(N(C)C)c2c(c1O)C(O)=C1C(=O)C3(O)C(O)=C(C(N)=O)C(=O)C(N(C)C)C3CC1C2. The van der Waals surface area contributed by atoms with Crippen LogP contribution in [0.25, 0.3) is 5.76 Å². The number of phenols is 1. The number of hydrogen-bond donors (Lipinski definition) is 6. The van der Waals surface area contributed by atoms with Crippen LogP contribution in [0.1, 0.15) is 30.0 Å². The zero-order valence-corrected chi connectivity index (χ0v) is 21.8. The molecular weight excluding hydrogens is 496 g/mol. The van der Waals surface area contributed by atoms with Gasteiger partial charge in [-0.1, -0.05) is 0 Å². The maximum Gasteiger partial charge on any atom is 0.255 e. The number of carbonyl (C=O) groups excluding carboxylic acids is 4. The van der Waals surface area contributed by atoms with Crippen molar-refractivity contribution < 1.29 is 39.6 Å². The van der Waals surface area contributed by atoms with Gasteiger partial charge in [-0.15, -0.1) is 0 Å². The highest BCUT2D eigenvalue weighted by Crippen LogP contribution is 2.54. The summed E-state index contributed by atoms with van der Waals surface area (Å²) in [5, 5.41) is 47.7. The minimum Gasteiger partial charge on any atom is -0.508 e. The highest BCUT2D eigenvalue weighted by atomic mass is 16.3. The van der Waals surface area contributed by atoms with Gasteiger partial charge < -0.3 is 36.4 Å². The summed E-state index contributed by atoms with van der Waals surface area (Å²) in [5.74, 6) is -7.36. The average molecular weight is 529 g/mol. The second kappa shape index (κ2) is 9.14. The Morgan fingerprint density at radius 3 is 2.32 bits per heavy atom. The van der Waals surface area contributed by atoms with Crippen LogP contribution < -0.4 is 16.0 Å². The number of ketones is 2. The molecule has 1 aromatic rings. The van der Waals surface area contributed by atoms with Gasteiger partial charge in [0.25, 0.3) is 5.91 Å². The van der Waals surface area contributed by atoms with Crippen LogP contribution >= 0.6 is 0 Å². The Hall–Kier alpha value is -3.90. The maximum atomic E-state index is 13.9. The third kappa shape index (κ3) is 3.74. The first-order chi connectivity index (χ1) is 17.6. The normalized spacial score (nSPS) is 26.7. The number of aliphatic hydroxyl groups excluding tert-OH is 2. The first kappa shape index (κ1) is 27.1. The number of benzene rings is 1. The van der Waals surface area contributed by atoms with E-state index < -0.39 is 58.0 Å². The van der Waals surface area contributed by atoms with Crippen LogP contribution in [0.15, 0.2) is 23.0 Å². The summed E-state index contributed by atoms with van der Waals surface area (Å²) in [7, 11) is 6.64. The van der Waals surface area contributed by atoms with Crippen LogP contribution in [-0.2, 0) is 32.1 Å². The van der Waals surface area contributed by atoms with E-state index >= 15 is 0 Å². The fourth-order valence-corrected chi connectivity index (χ4v) is 6.10. The Morgan fingerprint density at radius 1 is 1.16 bits per heavy atom. The Balaban J connectivity index is 1.97. The van der Waals surface area contributed by atoms with E-state index in [0.29, 0.717) is 16.8 Å². The predicted octanol–water partition coefficient (Wildman–Crippen LogP) is -0.334. The van der Waals surface area contributed by atoms with Crippen LogP contribution in [0.4, 0.5) is 5.69 Å². The van der Waals surface area contributed by atoms with Crippen LogP contribution in [0.3, 0.4) is 0 Å². The van der Waals surface area contributed by atoms with Crippen molar-refractivity contribution in [2.45, 2.75) is 38.0 Å². The number of nitrogens with two attached hydrogens (primary N) is 1. The van der Waals surface area contributed by atoms with Crippen molar-refractivity contribution in [3.8, 4) is 5.75 Å². The number of anilines is 1. The standard InChI is InChI=1S/C26H32N4O8/c1-10(31)28-9-12-8-15(29(2)3)13-6-11-7-14-19(30(4)5)22(34)18(25(27)37)24(36)26(14,38)23(35)16(11)21(33)17(13)20(12)32/h8,11,14,19,32-33,36,38H,6-7,9H2,1-5H3,(H2,27,37)(H,28,31). The molecule has 4 unspecified atom stereocenters. The number of amides is 2. The quantitative estimate of drug-likeness (QED) is 0.276. The smallest absolute Gasteiger partial charge is 0.255 e. The van der Waals surface area contributed by atoms with Crippen molar-refractivity contribution in [3.63, 3.8) is 0 Å². The van der Waals surface area contributed by atoms with Gasteiger partial charge in [0.1, 0.15) is 22.8 Å². The van der Waals surface area contributed by atoms with Crippen LogP contribution in [0.2, 0.25) is 0 Å². The fraction of sp³-hybridized carbons (Fsp3) is 0.462. The number of likely N-dealkylation sites (N-methyl/N-ethyl adjacent to an activating group) is 1. The Labute approximate surface area is 219 Å². The number of aromatic hydroxyl groups is 1. The number of aliphatic hydroxyl groups is 3. The van der Waals surface area contributed by atoms with Crippen molar-refractivity contribution in [2.24, 2.45) is 17.6 Å². The number of carbonyl (C=O) groups is 4. The number of hydrogen-bond acceptors (Lipinski definition) is 10. The third-order valence-electron chi connectivity index (χ3n) is 7.79. The van der Waals surface area contributed by atoms with Crippen molar-refractivity contribution in [1.29, 1.82) is 0 Å². The van der Waals surface area contributed by atoms with E-state index in [-0.39, 0.29) is 42.2 Å². The van der Waals surface area contributed by atoms with E-state index in [0.717, 1.165) is 0 Å². The molecule has 12 nitrogen and oxygen atoms in total. The number of nitrogens with one attached hydrogen (secondary N) is 1. The summed E-state index contributed by atoms with van der Waals surface area (Å²) in [6.45, 7) is 1.28. The van der Waals surface area contributed by atoms with Crippen molar-refractivity contribution in [2.75, 3.05) is 33.1 Å². The van der Waals surface area contributed by atoms with Gasteiger partial charge in [-0.3, -0.25) is 24.1 Å². The Bertz CT molecular complexity index is 1340. The monoisotopic (exact) mass is 528 g/mol. The summed E-state index contributed by atoms with van der Waals surface area (Å²) < 4.78 is 0. The molecule has 0 radical (unpaired) electrons. The number of rotatable bonds is 5. The molecule has 204 valence electrons. The fourth-order valence-electron chi connectivity index (χ4n) is 6.10. The molecule has 0 spiro atoms. The van der Waals surface area contributed by atoms with Gasteiger partial charge in [0.2, 0.25) is 11.7 Å². The van der Waals surface area contributed by atoms with Crippen molar-refractivity contribution in [3.05, 3.63) is 39.7 Å². The molecule has 0 aromatic heterocycles. The molecule has 2 amide bonds. The largest absolute Gasteiger partial charge is 0.508 e. The van der Waals surface area contributed by atoms with Gasteiger partial charge in [0.05, 0.1) is 11.6 Å². The molecule has 3 aliphatic carbocycles. The summed E-state index contributed by atoms with van der Waals surface area (Å²) in [6.07, 6.45) is 0.184. The molecule has 0 bridgehead atoms. The molecule has 0 heterocycles. The second-order valence-corrected chi connectivity index (χ2v) is 10.5. The summed E-state index contributed by atoms with van der Waals surface area (Å²) in [4.78, 5) is 53.9. The molecule has 12 heteroatoms. The van der Waals surface area contributed by atoms with Crippen LogP contribution in [0, 0.1) is 11.8 Å². The van der Waals surface area contributed by atoms with E-state index in [2.05, 4.69) is 5.32 Å². The molecule has 7 N–H and O–H groups in total. The molecule has 1 fully saturated rings. The minimum atomic E-state index is -2.70. The van der Waals surface area contributed by atoms with Gasteiger partial charge in [-0.2, -0.15) is 0 Å². The lowest BCUT2D eigenvalue weighted by molar-refractivity contribution is -0.153. The van der Waals surface area contributed by atoms with E-state index in [1.54, 1.807) is 39.2 Å². The molecule has 38 heavy (non-hydrogen) atoms. The second-order valence-electron chi connectivity index (χ2n) is 10.5. The average Bonchev–Trinajstić information content (AvgIpc) is 2.80. The highest BCUT2D eigenvalue weighted by Gasteiger charge is 2.64. The van der Waals surface area contributed by atoms with E-state index in [4.69, 9.17) is 5.73 Å². The molecule has 1 aromatic carbocycles. The summed E-state index contributed by atoms with van der Waals surface area (Å²) >= 11 is 0. The van der Waals surface area contributed by atoms with E-state index in [1.165, 1.54) is 11.8 Å². The molecule has 0 aliphatic heterocycles. The predicted molar refractivity (Wildman–Crippen MR) is 136 cm³/mol. The van der Waals surface area contributed by atoms with Crippen molar-refractivity contribution >= 4 is 34.8 Å². The zero-order chi connectivity index (χ0) is 28.4.